The Hall–Kier alpha value is -2.49. The van der Waals surface area contributed by atoms with Gasteiger partial charge in [0.05, 0.1) is 19.8 Å². The van der Waals surface area contributed by atoms with Gasteiger partial charge in [0.2, 0.25) is 5.82 Å². The van der Waals surface area contributed by atoms with Gasteiger partial charge in [-0.25, -0.2) is 4.98 Å². The van der Waals surface area contributed by atoms with Gasteiger partial charge in [0.1, 0.15) is 6.07 Å². The van der Waals surface area contributed by atoms with E-state index in [1.165, 1.54) is 11.1 Å². The normalized spacial score (nSPS) is 12.0. The molecular weight excluding hydrogens is 417 g/mol. The topological polar surface area (TPSA) is 104 Å². The minimum atomic E-state index is -4.77. The molecule has 174 valence electrons. The molecule has 0 saturated heterocycles. The van der Waals surface area contributed by atoms with Crippen LogP contribution in [0.25, 0.3) is 0 Å². The third-order valence-electron chi connectivity index (χ3n) is 3.86. The highest BCUT2D eigenvalue weighted by atomic mass is 19.4. The van der Waals surface area contributed by atoms with Crippen molar-refractivity contribution in [2.75, 3.05) is 58.6 Å². The summed E-state index contributed by atoms with van der Waals surface area (Å²) >= 11 is 0. The fraction of sp³-hybridized carbons (Fsp3) is 0.684. The number of halogens is 3. The van der Waals surface area contributed by atoms with Crippen LogP contribution in [0.2, 0.25) is 0 Å². The van der Waals surface area contributed by atoms with Crippen molar-refractivity contribution in [2.45, 2.75) is 26.9 Å². The van der Waals surface area contributed by atoms with Crippen molar-refractivity contribution in [1.29, 1.82) is 5.26 Å². The summed E-state index contributed by atoms with van der Waals surface area (Å²) in [7, 11) is 3.08. The van der Waals surface area contributed by atoms with Gasteiger partial charge in [0, 0.05) is 39.9 Å². The van der Waals surface area contributed by atoms with Gasteiger partial charge in [-0.2, -0.15) is 23.4 Å². The average Bonchev–Trinajstić information content (AvgIpc) is 2.67. The number of nitrogens with one attached hydrogen (secondary N) is 1. The van der Waals surface area contributed by atoms with Gasteiger partial charge in [-0.15, -0.1) is 0 Å². The van der Waals surface area contributed by atoms with E-state index in [0.717, 1.165) is 0 Å². The Balaban J connectivity index is 3.15. The van der Waals surface area contributed by atoms with E-state index in [4.69, 9.17) is 14.7 Å². The third kappa shape index (κ3) is 9.91. The lowest BCUT2D eigenvalue weighted by molar-refractivity contribution is -0.141. The minimum Gasteiger partial charge on any atom is -0.383 e. The largest absolute Gasteiger partial charge is 0.433 e. The number of aromatic nitrogens is 2. The number of amides is 1. The number of ether oxygens (including phenoxy) is 2. The molecule has 0 fully saturated rings. The maximum atomic E-state index is 13.2. The Morgan fingerprint density at radius 1 is 1.16 bits per heavy atom. The molecule has 1 N–H and O–H groups in total. The zero-order valence-electron chi connectivity index (χ0n) is 18.4. The second-order valence-corrected chi connectivity index (χ2v) is 7.99. The summed E-state index contributed by atoms with van der Waals surface area (Å²) < 4.78 is 49.7. The summed E-state index contributed by atoms with van der Waals surface area (Å²) in [6.45, 7) is 7.41. The zero-order chi connectivity index (χ0) is 23.7. The number of nitriles is 1. The van der Waals surface area contributed by atoms with Crippen molar-refractivity contribution in [3.8, 4) is 6.07 Å². The van der Waals surface area contributed by atoms with Crippen molar-refractivity contribution in [3.05, 3.63) is 17.6 Å². The lowest BCUT2D eigenvalue weighted by Gasteiger charge is -2.32. The number of carbonyl (C=O) groups excluding carboxylic acids is 1. The molecule has 1 heterocycles. The number of methoxy groups -OCH3 is 2. The molecule has 0 unspecified atom stereocenters. The van der Waals surface area contributed by atoms with Crippen LogP contribution in [0, 0.1) is 16.7 Å². The maximum Gasteiger partial charge on any atom is 0.433 e. The van der Waals surface area contributed by atoms with E-state index in [-0.39, 0.29) is 18.9 Å². The first-order valence-corrected chi connectivity index (χ1v) is 9.53. The molecule has 1 amide bonds. The van der Waals surface area contributed by atoms with E-state index in [1.54, 1.807) is 19.1 Å². The number of hydrazine groups is 1. The van der Waals surface area contributed by atoms with E-state index < -0.39 is 29.0 Å². The van der Waals surface area contributed by atoms with Crippen LogP contribution in [-0.4, -0.2) is 74.4 Å². The van der Waals surface area contributed by atoms with Crippen LogP contribution < -0.4 is 10.4 Å². The highest BCUT2D eigenvalue weighted by Gasteiger charge is 2.35. The predicted octanol–water partition coefficient (Wildman–Crippen LogP) is 1.85. The molecule has 12 heteroatoms. The number of hydrogen-bond donors (Lipinski definition) is 1. The molecule has 0 aliphatic rings. The van der Waals surface area contributed by atoms with E-state index >= 15 is 0 Å². The van der Waals surface area contributed by atoms with E-state index in [2.05, 4.69) is 15.4 Å². The zero-order valence-corrected chi connectivity index (χ0v) is 18.4. The molecule has 1 rings (SSSR count). The van der Waals surface area contributed by atoms with Gasteiger partial charge in [-0.3, -0.25) is 20.1 Å². The Bertz CT molecular complexity index is 754. The fourth-order valence-corrected chi connectivity index (χ4v) is 2.52. The summed E-state index contributed by atoms with van der Waals surface area (Å²) in [5.74, 6) is -1.32. The number of nitrogens with zero attached hydrogens (tertiary/aromatic N) is 5. The van der Waals surface area contributed by atoms with Crippen molar-refractivity contribution in [3.63, 3.8) is 0 Å². The molecule has 0 radical (unpaired) electrons. The highest BCUT2D eigenvalue weighted by molar-refractivity contribution is 5.79. The number of alkyl halides is 3. The van der Waals surface area contributed by atoms with Gasteiger partial charge < -0.3 is 9.47 Å². The second kappa shape index (κ2) is 11.8. The summed E-state index contributed by atoms with van der Waals surface area (Å²) in [4.78, 5) is 21.6. The summed E-state index contributed by atoms with van der Waals surface area (Å²) in [6, 6.07) is 2.24. The molecule has 0 spiro atoms. The molecule has 0 aliphatic heterocycles. The Morgan fingerprint density at radius 2 is 1.74 bits per heavy atom. The molecule has 1 aromatic heterocycles. The molecule has 0 aliphatic carbocycles. The van der Waals surface area contributed by atoms with Gasteiger partial charge >= 0.3 is 6.18 Å². The number of anilines is 1. The molecule has 0 bridgehead atoms. The van der Waals surface area contributed by atoms with Gasteiger partial charge in [0.25, 0.3) is 5.91 Å². The van der Waals surface area contributed by atoms with Gasteiger partial charge in [0.15, 0.2) is 11.5 Å². The summed E-state index contributed by atoms with van der Waals surface area (Å²) in [5, 5.41) is 10.3. The molecular formula is C19H29F3N6O3. The predicted molar refractivity (Wildman–Crippen MR) is 107 cm³/mol. The monoisotopic (exact) mass is 446 g/mol. The molecule has 9 nitrogen and oxygen atoms in total. The Kier molecular flexibility index (Phi) is 10.1. The first kappa shape index (κ1) is 26.5. The second-order valence-electron chi connectivity index (χ2n) is 7.99. The standard InChI is InChI=1S/C19H29F3N6O3/c1-18(2,3)13-28(16-10-14(19(20,21)22)24-15(11-23)25-16)26-17(29)12-27(6-8-30-4)7-9-31-5/h10H,6-9,12-13H2,1-5H3,(H,26,29). The van der Waals surface area contributed by atoms with Crippen molar-refractivity contribution in [1.82, 2.24) is 20.3 Å². The van der Waals surface area contributed by atoms with Crippen LogP contribution in [0.1, 0.15) is 32.3 Å². The lowest BCUT2D eigenvalue weighted by Crippen LogP contribution is -2.51. The molecule has 0 saturated carbocycles. The lowest BCUT2D eigenvalue weighted by atomic mass is 9.97. The van der Waals surface area contributed by atoms with E-state index in [9.17, 15) is 18.0 Å². The quantitative estimate of drug-likeness (QED) is 0.514. The molecule has 0 atom stereocenters. The van der Waals surface area contributed by atoms with Gasteiger partial charge in [-0.05, 0) is 5.41 Å². The van der Waals surface area contributed by atoms with Crippen LogP contribution in [0.4, 0.5) is 19.0 Å². The fourth-order valence-electron chi connectivity index (χ4n) is 2.52. The van der Waals surface area contributed by atoms with Crippen LogP contribution in [0.15, 0.2) is 6.07 Å². The van der Waals surface area contributed by atoms with Crippen molar-refractivity contribution >= 4 is 11.7 Å². The first-order chi connectivity index (χ1) is 14.4. The third-order valence-corrected chi connectivity index (χ3v) is 3.86. The smallest absolute Gasteiger partial charge is 0.383 e. The number of carbonyl (C=O) groups is 1. The van der Waals surface area contributed by atoms with Crippen molar-refractivity contribution < 1.29 is 27.4 Å². The SMILES string of the molecule is COCCN(CCOC)CC(=O)NN(CC(C)(C)C)c1cc(C(F)(F)F)nc(C#N)n1. The average molecular weight is 446 g/mol. The summed E-state index contributed by atoms with van der Waals surface area (Å²) in [6.07, 6.45) is -4.77. The van der Waals surface area contributed by atoms with Gasteiger partial charge in [-0.1, -0.05) is 20.8 Å². The first-order valence-electron chi connectivity index (χ1n) is 9.53. The Morgan fingerprint density at radius 3 is 2.19 bits per heavy atom. The van der Waals surface area contributed by atoms with E-state index in [0.29, 0.717) is 32.4 Å². The highest BCUT2D eigenvalue weighted by Crippen LogP contribution is 2.30. The number of hydrogen-bond acceptors (Lipinski definition) is 8. The van der Waals surface area contributed by atoms with Crippen molar-refractivity contribution in [2.24, 2.45) is 5.41 Å². The van der Waals surface area contributed by atoms with Crippen LogP contribution in [0.3, 0.4) is 0 Å². The van der Waals surface area contributed by atoms with Crippen LogP contribution in [0.5, 0.6) is 0 Å². The molecule has 0 aromatic carbocycles. The van der Waals surface area contributed by atoms with Crippen LogP contribution >= 0.6 is 0 Å². The molecule has 31 heavy (non-hydrogen) atoms. The van der Waals surface area contributed by atoms with E-state index in [1.807, 2.05) is 20.8 Å². The van der Waals surface area contributed by atoms with Crippen LogP contribution in [-0.2, 0) is 20.4 Å². The maximum absolute atomic E-state index is 13.2. The number of rotatable bonds is 11. The summed E-state index contributed by atoms with van der Waals surface area (Å²) in [5.41, 5.74) is 0.940. The molecule has 1 aromatic rings. The minimum absolute atomic E-state index is 0.0321. The Labute approximate surface area is 180 Å².